The fraction of sp³-hybridized carbons (Fsp3) is 0.538. The highest BCUT2D eigenvalue weighted by Crippen LogP contribution is 2.23. The van der Waals surface area contributed by atoms with Crippen LogP contribution in [0.25, 0.3) is 0 Å². The van der Waals surface area contributed by atoms with Gasteiger partial charge in [0.2, 0.25) is 10.0 Å². The molecule has 1 aromatic rings. The van der Waals surface area contributed by atoms with Crippen LogP contribution in [0, 0.1) is 17.2 Å². The van der Waals surface area contributed by atoms with Crippen LogP contribution < -0.4 is 9.62 Å². The largest absolute Gasteiger partial charge is 0.355 e. The van der Waals surface area contributed by atoms with Gasteiger partial charge in [0.15, 0.2) is 0 Å². The molecule has 1 aliphatic heterocycles. The molecule has 1 aromatic heterocycles. The average molecular weight is 294 g/mol. The van der Waals surface area contributed by atoms with Gasteiger partial charge < -0.3 is 4.90 Å². The number of piperidine rings is 1. The molecule has 0 aromatic carbocycles. The highest BCUT2D eigenvalue weighted by Gasteiger charge is 2.23. The first-order valence-electron chi connectivity index (χ1n) is 6.54. The van der Waals surface area contributed by atoms with Crippen LogP contribution in [0.4, 0.5) is 5.82 Å². The molecule has 1 atom stereocenters. The van der Waals surface area contributed by atoms with Crippen LogP contribution in [0.5, 0.6) is 0 Å². The number of rotatable bonds is 4. The highest BCUT2D eigenvalue weighted by atomic mass is 32.2. The van der Waals surface area contributed by atoms with E-state index in [1.54, 1.807) is 18.3 Å². The van der Waals surface area contributed by atoms with Crippen molar-refractivity contribution in [2.24, 2.45) is 5.92 Å². The Morgan fingerprint density at radius 2 is 2.40 bits per heavy atom. The van der Waals surface area contributed by atoms with Crippen LogP contribution in [0.3, 0.4) is 0 Å². The molecular weight excluding hydrogens is 276 g/mol. The van der Waals surface area contributed by atoms with Gasteiger partial charge in [-0.05, 0) is 30.9 Å². The zero-order valence-corrected chi connectivity index (χ0v) is 12.2. The first kappa shape index (κ1) is 14.8. The number of nitrogens with one attached hydrogen (secondary N) is 1. The van der Waals surface area contributed by atoms with Gasteiger partial charge in [0.1, 0.15) is 11.9 Å². The Hall–Kier alpha value is -1.65. The predicted molar refractivity (Wildman–Crippen MR) is 76.7 cm³/mol. The monoisotopic (exact) mass is 294 g/mol. The Kier molecular flexibility index (Phi) is 4.57. The van der Waals surface area contributed by atoms with E-state index in [1.165, 1.54) is 6.26 Å². The van der Waals surface area contributed by atoms with E-state index in [2.05, 4.69) is 20.7 Å². The van der Waals surface area contributed by atoms with Gasteiger partial charge in [-0.3, -0.25) is 0 Å². The van der Waals surface area contributed by atoms with E-state index in [1.807, 2.05) is 0 Å². The van der Waals surface area contributed by atoms with Crippen molar-refractivity contribution in [3.63, 3.8) is 0 Å². The number of anilines is 1. The van der Waals surface area contributed by atoms with E-state index in [0.717, 1.165) is 19.4 Å². The van der Waals surface area contributed by atoms with Crippen LogP contribution in [-0.2, 0) is 10.0 Å². The van der Waals surface area contributed by atoms with Crippen molar-refractivity contribution in [1.82, 2.24) is 9.71 Å². The van der Waals surface area contributed by atoms with Gasteiger partial charge in [0.05, 0.1) is 11.8 Å². The second-order valence-corrected chi connectivity index (χ2v) is 6.89. The van der Waals surface area contributed by atoms with Crippen molar-refractivity contribution in [1.29, 1.82) is 5.26 Å². The summed E-state index contributed by atoms with van der Waals surface area (Å²) in [7, 11) is -3.15. The van der Waals surface area contributed by atoms with Crippen LogP contribution in [0.2, 0.25) is 0 Å². The summed E-state index contributed by atoms with van der Waals surface area (Å²) in [5, 5.41) is 9.12. The van der Waals surface area contributed by atoms with Gasteiger partial charge in [-0.1, -0.05) is 0 Å². The first-order valence-corrected chi connectivity index (χ1v) is 8.43. The van der Waals surface area contributed by atoms with E-state index >= 15 is 0 Å². The van der Waals surface area contributed by atoms with Gasteiger partial charge in [-0.25, -0.2) is 18.1 Å². The number of nitrogens with zero attached hydrogens (tertiary/aromatic N) is 3. The van der Waals surface area contributed by atoms with E-state index in [0.29, 0.717) is 24.5 Å². The lowest BCUT2D eigenvalue weighted by molar-refractivity contribution is 0.409. The zero-order valence-electron chi connectivity index (χ0n) is 11.4. The predicted octanol–water partition coefficient (Wildman–Crippen LogP) is 0.719. The molecular formula is C13H18N4O2S. The van der Waals surface area contributed by atoms with Crippen LogP contribution in [0.15, 0.2) is 18.3 Å². The van der Waals surface area contributed by atoms with Crippen molar-refractivity contribution < 1.29 is 8.42 Å². The average Bonchev–Trinajstić information content (AvgIpc) is 2.45. The third-order valence-electron chi connectivity index (χ3n) is 3.36. The van der Waals surface area contributed by atoms with E-state index in [-0.39, 0.29) is 5.92 Å². The Morgan fingerprint density at radius 3 is 3.10 bits per heavy atom. The third-order valence-corrected chi connectivity index (χ3v) is 4.05. The molecule has 1 fully saturated rings. The van der Waals surface area contributed by atoms with E-state index < -0.39 is 10.0 Å². The number of sulfonamides is 1. The smallest absolute Gasteiger partial charge is 0.208 e. The first-order chi connectivity index (χ1) is 9.49. The van der Waals surface area contributed by atoms with Gasteiger partial charge in [-0.2, -0.15) is 5.26 Å². The normalized spacial score (nSPS) is 19.6. The fourth-order valence-corrected chi connectivity index (χ4v) is 2.97. The maximum Gasteiger partial charge on any atom is 0.208 e. The Morgan fingerprint density at radius 1 is 1.60 bits per heavy atom. The minimum Gasteiger partial charge on any atom is -0.355 e. The number of pyridine rings is 1. The quantitative estimate of drug-likeness (QED) is 0.884. The molecule has 1 saturated heterocycles. The third kappa shape index (κ3) is 3.92. The van der Waals surface area contributed by atoms with Gasteiger partial charge in [-0.15, -0.1) is 0 Å². The fourth-order valence-electron chi connectivity index (χ4n) is 2.43. The molecule has 7 heteroatoms. The molecule has 1 N–H and O–H groups in total. The summed E-state index contributed by atoms with van der Waals surface area (Å²) in [5.74, 6) is 0.936. The Bertz CT molecular complexity index is 609. The van der Waals surface area contributed by atoms with Gasteiger partial charge >= 0.3 is 0 Å². The topological polar surface area (TPSA) is 86.1 Å². The minimum atomic E-state index is -3.15. The molecule has 2 rings (SSSR count). The zero-order chi connectivity index (χ0) is 14.6. The molecule has 2 heterocycles. The van der Waals surface area contributed by atoms with Crippen LogP contribution in [-0.4, -0.2) is 39.3 Å². The van der Waals surface area contributed by atoms with E-state index in [4.69, 9.17) is 5.26 Å². The molecule has 20 heavy (non-hydrogen) atoms. The van der Waals surface area contributed by atoms with E-state index in [9.17, 15) is 8.42 Å². The number of hydrogen-bond acceptors (Lipinski definition) is 5. The number of aromatic nitrogens is 1. The standard InChI is InChI=1S/C13H18N4O2S/c1-20(18,19)16-9-11-4-3-7-17(10-11)13-12(8-14)5-2-6-15-13/h2,5-6,11,16H,3-4,7,9-10H2,1H3. The Labute approximate surface area is 119 Å². The van der Waals surface area contributed by atoms with Gasteiger partial charge in [0, 0.05) is 25.8 Å². The summed E-state index contributed by atoms with van der Waals surface area (Å²) in [4.78, 5) is 6.35. The summed E-state index contributed by atoms with van der Waals surface area (Å²) >= 11 is 0. The molecule has 1 unspecified atom stereocenters. The SMILES string of the molecule is CS(=O)(=O)NCC1CCCN(c2ncccc2C#N)C1. The molecule has 0 radical (unpaired) electrons. The van der Waals surface area contributed by atoms with Crippen LogP contribution >= 0.6 is 0 Å². The summed E-state index contributed by atoms with van der Waals surface area (Å²) in [6.45, 7) is 2.00. The van der Waals surface area contributed by atoms with Crippen LogP contribution in [0.1, 0.15) is 18.4 Å². The van der Waals surface area contributed by atoms with Crippen molar-refractivity contribution in [3.8, 4) is 6.07 Å². The summed E-state index contributed by atoms with van der Waals surface area (Å²) in [6, 6.07) is 5.64. The summed E-state index contributed by atoms with van der Waals surface area (Å²) in [6.07, 6.45) is 4.79. The molecule has 0 aliphatic carbocycles. The van der Waals surface area contributed by atoms with Gasteiger partial charge in [0.25, 0.3) is 0 Å². The number of nitriles is 1. The molecule has 6 nitrogen and oxygen atoms in total. The highest BCUT2D eigenvalue weighted by molar-refractivity contribution is 7.88. The molecule has 0 bridgehead atoms. The second kappa shape index (κ2) is 6.20. The number of hydrogen-bond donors (Lipinski definition) is 1. The maximum atomic E-state index is 11.1. The van der Waals surface area contributed by atoms with Crippen molar-refractivity contribution in [2.75, 3.05) is 30.8 Å². The van der Waals surface area contributed by atoms with Crippen molar-refractivity contribution in [2.45, 2.75) is 12.8 Å². The maximum absolute atomic E-state index is 11.1. The minimum absolute atomic E-state index is 0.243. The Balaban J connectivity index is 2.05. The lowest BCUT2D eigenvalue weighted by atomic mass is 9.98. The molecule has 0 saturated carbocycles. The lowest BCUT2D eigenvalue weighted by Gasteiger charge is -2.33. The molecule has 0 spiro atoms. The lowest BCUT2D eigenvalue weighted by Crippen LogP contribution is -2.41. The summed E-state index contributed by atoms with van der Waals surface area (Å²) < 4.78 is 24.8. The molecule has 0 amide bonds. The molecule has 1 aliphatic rings. The summed E-state index contributed by atoms with van der Waals surface area (Å²) in [5.41, 5.74) is 0.559. The second-order valence-electron chi connectivity index (χ2n) is 5.06. The van der Waals surface area contributed by atoms with Crippen molar-refractivity contribution in [3.05, 3.63) is 23.9 Å². The molecule has 108 valence electrons. The van der Waals surface area contributed by atoms with Crippen molar-refractivity contribution >= 4 is 15.8 Å².